The fourth-order valence-electron chi connectivity index (χ4n) is 2.01. The summed E-state index contributed by atoms with van der Waals surface area (Å²) in [5, 5.41) is 13.7. The summed E-state index contributed by atoms with van der Waals surface area (Å²) in [7, 11) is -8.10. The summed E-state index contributed by atoms with van der Waals surface area (Å²) in [6.45, 7) is 0.535. The van der Waals surface area contributed by atoms with Gasteiger partial charge in [0.2, 0.25) is 5.96 Å². The van der Waals surface area contributed by atoms with Crippen LogP contribution in [-0.2, 0) is 6.42 Å². The standard InChI is InChI=1S/C14H19F5N4S/c1-21-14(23-11-20)22-9-4-2-3-6-12-7-5-8-13(10-12)24(15,16,17,18)19/h5,7-8,10H,2-4,6,9H2,1H3,(H2,21,22,23). The SMILES string of the molecule is CN=C(NC#N)NCCCCCc1cccc(S(F)(F)(F)(F)F)c1. The number of rotatable bonds is 7. The Balaban J connectivity index is 2.44. The van der Waals surface area contributed by atoms with Crippen molar-refractivity contribution in [1.29, 1.82) is 5.26 Å². The van der Waals surface area contributed by atoms with E-state index in [1.165, 1.54) is 13.1 Å². The molecule has 24 heavy (non-hydrogen) atoms. The lowest BCUT2D eigenvalue weighted by Gasteiger charge is -2.40. The van der Waals surface area contributed by atoms with Crippen LogP contribution >= 0.6 is 10.2 Å². The van der Waals surface area contributed by atoms with Gasteiger partial charge in [0.05, 0.1) is 0 Å². The lowest BCUT2D eigenvalue weighted by molar-refractivity contribution is 0.364. The number of unbranched alkanes of at least 4 members (excludes halogenated alkanes) is 2. The number of nitrogens with zero attached hydrogens (tertiary/aromatic N) is 2. The van der Waals surface area contributed by atoms with E-state index >= 15 is 0 Å². The van der Waals surface area contributed by atoms with Gasteiger partial charge in [-0.3, -0.25) is 10.3 Å². The molecule has 0 aliphatic heterocycles. The van der Waals surface area contributed by atoms with Gasteiger partial charge >= 0.3 is 10.2 Å². The van der Waals surface area contributed by atoms with Gasteiger partial charge in [0.1, 0.15) is 4.90 Å². The molecule has 0 aliphatic carbocycles. The van der Waals surface area contributed by atoms with Crippen molar-refractivity contribution in [3.05, 3.63) is 29.8 Å². The number of halogens is 5. The molecule has 0 aromatic heterocycles. The first kappa shape index (κ1) is 20.0. The minimum Gasteiger partial charge on any atom is -0.356 e. The van der Waals surface area contributed by atoms with Crippen LogP contribution in [0.15, 0.2) is 34.2 Å². The molecule has 0 fully saturated rings. The number of nitriles is 1. The van der Waals surface area contributed by atoms with Crippen LogP contribution < -0.4 is 10.6 Å². The zero-order valence-electron chi connectivity index (χ0n) is 13.0. The summed E-state index contributed by atoms with van der Waals surface area (Å²) in [5.41, 5.74) is 0.232. The maximum Gasteiger partial charge on any atom is 0.310 e. The maximum atomic E-state index is 12.7. The Labute approximate surface area is 137 Å². The van der Waals surface area contributed by atoms with Gasteiger partial charge in [-0.15, -0.1) is 0 Å². The summed E-state index contributed by atoms with van der Waals surface area (Å²) in [6, 6.07) is 3.34. The van der Waals surface area contributed by atoms with Gasteiger partial charge < -0.3 is 5.32 Å². The van der Waals surface area contributed by atoms with E-state index in [4.69, 9.17) is 5.26 Å². The fraction of sp³-hybridized carbons (Fsp3) is 0.429. The third kappa shape index (κ3) is 7.04. The first-order valence-electron chi connectivity index (χ1n) is 7.15. The maximum absolute atomic E-state index is 12.7. The summed E-state index contributed by atoms with van der Waals surface area (Å²) in [5.74, 6) is 0.334. The first-order chi connectivity index (χ1) is 11.0. The summed E-state index contributed by atoms with van der Waals surface area (Å²) in [6.07, 6.45) is 3.97. The number of hydrogen-bond acceptors (Lipinski definition) is 2. The number of guanidine groups is 1. The van der Waals surface area contributed by atoms with Gasteiger partial charge in [0, 0.05) is 13.6 Å². The highest BCUT2D eigenvalue weighted by Gasteiger charge is 2.65. The highest BCUT2D eigenvalue weighted by atomic mass is 32.5. The third-order valence-corrected chi connectivity index (χ3v) is 4.32. The van der Waals surface area contributed by atoms with E-state index in [1.807, 2.05) is 0 Å². The van der Waals surface area contributed by atoms with Gasteiger partial charge in [0.25, 0.3) is 0 Å². The molecular weight excluding hydrogens is 351 g/mol. The highest BCUT2D eigenvalue weighted by Crippen LogP contribution is 3.02. The van der Waals surface area contributed by atoms with Gasteiger partial charge in [0.15, 0.2) is 6.19 Å². The number of aliphatic imine (C=N–C) groups is 1. The quantitative estimate of drug-likeness (QED) is 0.183. The Hall–Kier alpha value is -2.02. The zero-order chi connectivity index (χ0) is 18.3. The molecule has 2 N–H and O–H groups in total. The van der Waals surface area contributed by atoms with Crippen LogP contribution in [0.1, 0.15) is 24.8 Å². The van der Waals surface area contributed by atoms with E-state index in [0.29, 0.717) is 43.9 Å². The average Bonchev–Trinajstić information content (AvgIpc) is 2.47. The molecule has 136 valence electrons. The largest absolute Gasteiger partial charge is 0.356 e. The zero-order valence-corrected chi connectivity index (χ0v) is 13.9. The van der Waals surface area contributed by atoms with Crippen LogP contribution in [0.5, 0.6) is 0 Å². The lowest BCUT2D eigenvalue weighted by Crippen LogP contribution is -2.34. The van der Waals surface area contributed by atoms with Crippen molar-refractivity contribution in [2.45, 2.75) is 30.6 Å². The van der Waals surface area contributed by atoms with Gasteiger partial charge in [-0.2, -0.15) is 5.26 Å². The van der Waals surface area contributed by atoms with Gasteiger partial charge in [-0.25, -0.2) is 0 Å². The minimum atomic E-state index is -9.61. The molecule has 0 bridgehead atoms. The summed E-state index contributed by atoms with van der Waals surface area (Å²) in [4.78, 5) is 1.94. The molecule has 0 radical (unpaired) electrons. The molecule has 1 aromatic rings. The smallest absolute Gasteiger partial charge is 0.310 e. The first-order valence-corrected chi connectivity index (χ1v) is 9.10. The predicted molar refractivity (Wildman–Crippen MR) is 85.5 cm³/mol. The van der Waals surface area contributed by atoms with Crippen molar-refractivity contribution in [2.75, 3.05) is 13.6 Å². The lowest BCUT2D eigenvalue weighted by atomic mass is 10.1. The van der Waals surface area contributed by atoms with Crippen LogP contribution in [0.2, 0.25) is 0 Å². The second kappa shape index (κ2) is 6.84. The van der Waals surface area contributed by atoms with E-state index in [-0.39, 0.29) is 12.0 Å². The monoisotopic (exact) mass is 370 g/mol. The van der Waals surface area contributed by atoms with Crippen molar-refractivity contribution < 1.29 is 19.4 Å². The predicted octanol–water partition coefficient (Wildman–Crippen LogP) is 4.70. The fourth-order valence-corrected chi connectivity index (χ4v) is 2.72. The van der Waals surface area contributed by atoms with Crippen LogP contribution in [0, 0.1) is 11.5 Å². The molecule has 4 nitrogen and oxygen atoms in total. The van der Waals surface area contributed by atoms with Crippen LogP contribution in [0.25, 0.3) is 0 Å². The molecule has 0 spiro atoms. The number of aryl methyl sites for hydroxylation is 1. The molecule has 0 unspecified atom stereocenters. The Kier molecular flexibility index (Phi) is 5.71. The van der Waals surface area contributed by atoms with E-state index in [2.05, 4.69) is 15.6 Å². The molecule has 0 atom stereocenters. The highest BCUT2D eigenvalue weighted by molar-refractivity contribution is 8.45. The average molecular weight is 370 g/mol. The summed E-state index contributed by atoms with van der Waals surface area (Å²) >= 11 is 0. The Morgan fingerprint density at radius 1 is 1.17 bits per heavy atom. The topological polar surface area (TPSA) is 60.2 Å². The van der Waals surface area contributed by atoms with Gasteiger partial charge in [-0.05, 0) is 37.0 Å². The van der Waals surface area contributed by atoms with Crippen molar-refractivity contribution in [2.24, 2.45) is 4.99 Å². The third-order valence-electron chi connectivity index (χ3n) is 3.18. The summed E-state index contributed by atoms with van der Waals surface area (Å²) < 4.78 is 63.7. The van der Waals surface area contributed by atoms with Crippen LogP contribution in [-0.4, -0.2) is 19.6 Å². The molecule has 0 saturated carbocycles. The number of nitrogens with one attached hydrogen (secondary N) is 2. The molecule has 0 amide bonds. The molecular formula is C14H19F5N4S. The number of hydrogen-bond donors (Lipinski definition) is 2. The molecule has 0 saturated heterocycles. The van der Waals surface area contributed by atoms with Crippen molar-refractivity contribution >= 4 is 16.2 Å². The minimum absolute atomic E-state index is 0.232. The Morgan fingerprint density at radius 3 is 2.46 bits per heavy atom. The second-order valence-corrected chi connectivity index (χ2v) is 7.57. The van der Waals surface area contributed by atoms with Gasteiger partial charge in [-0.1, -0.05) is 38.0 Å². The van der Waals surface area contributed by atoms with E-state index < -0.39 is 15.1 Å². The van der Waals surface area contributed by atoms with Crippen LogP contribution in [0.3, 0.4) is 0 Å². The van der Waals surface area contributed by atoms with Crippen molar-refractivity contribution in [3.63, 3.8) is 0 Å². The molecule has 1 aromatic carbocycles. The van der Waals surface area contributed by atoms with E-state index in [9.17, 15) is 19.4 Å². The normalized spacial score (nSPS) is 15.1. The van der Waals surface area contributed by atoms with Crippen molar-refractivity contribution in [1.82, 2.24) is 10.6 Å². The molecule has 0 aliphatic rings. The second-order valence-electron chi connectivity index (χ2n) is 5.16. The van der Waals surface area contributed by atoms with E-state index in [1.54, 1.807) is 6.19 Å². The Bertz CT molecular complexity index is 637. The molecule has 1 rings (SSSR count). The Morgan fingerprint density at radius 2 is 1.88 bits per heavy atom. The van der Waals surface area contributed by atoms with E-state index in [0.717, 1.165) is 6.07 Å². The molecule has 0 heterocycles. The number of benzene rings is 1. The van der Waals surface area contributed by atoms with Crippen LogP contribution in [0.4, 0.5) is 19.4 Å². The molecule has 10 heteroatoms. The van der Waals surface area contributed by atoms with Crippen molar-refractivity contribution in [3.8, 4) is 6.19 Å².